The van der Waals surface area contributed by atoms with E-state index in [0.717, 1.165) is 51.4 Å². The number of ether oxygens (including phenoxy) is 2. The van der Waals surface area contributed by atoms with Gasteiger partial charge in [-0.05, 0) is 38.5 Å². The number of carbonyl (C=O) groups is 1. The minimum absolute atomic E-state index is 0.0258. The summed E-state index contributed by atoms with van der Waals surface area (Å²) in [5.74, 6) is -0.335. The van der Waals surface area contributed by atoms with Gasteiger partial charge in [0.15, 0.2) is 0 Å². The van der Waals surface area contributed by atoms with Crippen LogP contribution in [-0.2, 0) is 27.9 Å². The molecular formula is C46H90NO7P. The fourth-order valence-corrected chi connectivity index (χ4v) is 7.14. The van der Waals surface area contributed by atoms with Crippen LogP contribution in [0.3, 0.4) is 0 Å². The van der Waals surface area contributed by atoms with Crippen molar-refractivity contribution in [3.63, 3.8) is 0 Å². The Bertz CT molecular complexity index is 936. The summed E-state index contributed by atoms with van der Waals surface area (Å²) in [4.78, 5) is 25.1. The molecule has 0 saturated carbocycles. The maximum Gasteiger partial charge on any atom is 0.306 e. The molecule has 2 unspecified atom stereocenters. The molecule has 9 heteroatoms. The van der Waals surface area contributed by atoms with Gasteiger partial charge < -0.3 is 27.9 Å². The van der Waals surface area contributed by atoms with Crippen LogP contribution in [0.5, 0.6) is 0 Å². The highest BCUT2D eigenvalue weighted by Gasteiger charge is 2.20. The van der Waals surface area contributed by atoms with Crippen LogP contribution in [-0.4, -0.2) is 70.7 Å². The van der Waals surface area contributed by atoms with E-state index in [1.807, 2.05) is 21.1 Å². The number of carbonyl (C=O) groups excluding carboxylic acids is 1. The molecule has 0 aromatic heterocycles. The summed E-state index contributed by atoms with van der Waals surface area (Å²) in [5, 5.41) is 0. The molecule has 0 rings (SSSR count). The topological polar surface area (TPSA) is 94.1 Å². The summed E-state index contributed by atoms with van der Waals surface area (Å²) >= 11 is 0. The Morgan fingerprint density at radius 2 is 1.04 bits per heavy atom. The van der Waals surface area contributed by atoms with Crippen molar-refractivity contribution in [1.82, 2.24) is 0 Å². The third-order valence-corrected chi connectivity index (χ3v) is 11.0. The predicted octanol–water partition coefficient (Wildman–Crippen LogP) is 13.0. The maximum absolute atomic E-state index is 12.7. The van der Waals surface area contributed by atoms with Crippen molar-refractivity contribution in [2.45, 2.75) is 213 Å². The number of quaternary nitrogens is 1. The molecule has 0 aliphatic rings. The number of phosphoric ester groups is 1. The van der Waals surface area contributed by atoms with Crippen molar-refractivity contribution in [2.75, 3.05) is 54.1 Å². The van der Waals surface area contributed by atoms with Crippen molar-refractivity contribution < 1.29 is 37.3 Å². The molecule has 0 aromatic carbocycles. The lowest BCUT2D eigenvalue weighted by molar-refractivity contribution is -0.870. The molecule has 0 heterocycles. The van der Waals surface area contributed by atoms with Crippen molar-refractivity contribution in [3.05, 3.63) is 24.3 Å². The van der Waals surface area contributed by atoms with E-state index in [1.165, 1.54) is 135 Å². The van der Waals surface area contributed by atoms with E-state index < -0.39 is 13.9 Å². The van der Waals surface area contributed by atoms with E-state index in [9.17, 15) is 14.3 Å². The second kappa shape index (κ2) is 39.8. The first-order valence-corrected chi connectivity index (χ1v) is 24.5. The Morgan fingerprint density at radius 1 is 0.564 bits per heavy atom. The van der Waals surface area contributed by atoms with Crippen molar-refractivity contribution >= 4 is 13.8 Å². The molecule has 0 aliphatic heterocycles. The highest BCUT2D eigenvalue weighted by atomic mass is 31.2. The highest BCUT2D eigenvalue weighted by molar-refractivity contribution is 7.45. The van der Waals surface area contributed by atoms with Gasteiger partial charge in [-0.15, -0.1) is 0 Å². The molecule has 0 saturated heterocycles. The number of phosphoric acid groups is 1. The molecule has 0 N–H and O–H groups in total. The van der Waals surface area contributed by atoms with Crippen LogP contribution in [0.2, 0.25) is 0 Å². The third kappa shape index (κ3) is 43.9. The van der Waals surface area contributed by atoms with Crippen LogP contribution >= 0.6 is 7.82 Å². The first-order valence-electron chi connectivity index (χ1n) is 23.1. The largest absolute Gasteiger partial charge is 0.756 e. The van der Waals surface area contributed by atoms with Crippen molar-refractivity contribution in [2.24, 2.45) is 0 Å². The van der Waals surface area contributed by atoms with Crippen LogP contribution in [0.1, 0.15) is 206 Å². The van der Waals surface area contributed by atoms with Gasteiger partial charge >= 0.3 is 5.97 Å². The number of esters is 1. The molecule has 0 amide bonds. The van der Waals surface area contributed by atoms with Crippen molar-refractivity contribution in [3.8, 4) is 0 Å². The summed E-state index contributed by atoms with van der Waals surface area (Å²) in [6.45, 7) is 5.36. The molecule has 0 aromatic rings. The zero-order valence-electron chi connectivity index (χ0n) is 36.9. The minimum atomic E-state index is -4.52. The Balaban J connectivity index is 4.17. The number of nitrogens with zero attached hydrogens (tertiary/aromatic N) is 1. The van der Waals surface area contributed by atoms with Gasteiger partial charge in [-0.2, -0.15) is 0 Å². The van der Waals surface area contributed by atoms with E-state index in [2.05, 4.69) is 38.2 Å². The van der Waals surface area contributed by atoms with E-state index in [-0.39, 0.29) is 25.8 Å². The van der Waals surface area contributed by atoms with Crippen LogP contribution < -0.4 is 4.89 Å². The van der Waals surface area contributed by atoms with Gasteiger partial charge in [0.2, 0.25) is 0 Å². The summed E-state index contributed by atoms with van der Waals surface area (Å²) in [6.07, 6.45) is 44.7. The fourth-order valence-electron chi connectivity index (χ4n) is 6.41. The predicted molar refractivity (Wildman–Crippen MR) is 231 cm³/mol. The Morgan fingerprint density at radius 3 is 1.55 bits per heavy atom. The summed E-state index contributed by atoms with van der Waals surface area (Å²) < 4.78 is 34.6. The van der Waals surface area contributed by atoms with Gasteiger partial charge in [-0.3, -0.25) is 9.36 Å². The van der Waals surface area contributed by atoms with Crippen LogP contribution in [0.15, 0.2) is 24.3 Å². The lowest BCUT2D eigenvalue weighted by Crippen LogP contribution is -2.37. The second-order valence-electron chi connectivity index (χ2n) is 16.8. The maximum atomic E-state index is 12.7. The van der Waals surface area contributed by atoms with Gasteiger partial charge in [-0.1, -0.05) is 186 Å². The zero-order valence-corrected chi connectivity index (χ0v) is 37.8. The average molecular weight is 800 g/mol. The lowest BCUT2D eigenvalue weighted by Gasteiger charge is -2.28. The molecule has 326 valence electrons. The van der Waals surface area contributed by atoms with E-state index >= 15 is 0 Å². The molecule has 0 radical (unpaired) electrons. The summed E-state index contributed by atoms with van der Waals surface area (Å²) in [5.41, 5.74) is 0. The number of likely N-dealkylation sites (N-methyl/N-ethyl adjacent to an activating group) is 1. The highest BCUT2D eigenvalue weighted by Crippen LogP contribution is 2.38. The van der Waals surface area contributed by atoms with Crippen LogP contribution in [0, 0.1) is 0 Å². The standard InChI is InChI=1S/C46H90NO7P/c1-6-8-10-12-14-16-18-20-22-23-24-25-26-27-29-31-33-35-37-39-46(48)54-45(44-53-55(49,50)52-42-40-47(3,4)5)43-51-41-38-36-34-32-30-28-21-19-17-15-13-11-9-7-2/h11,13,17,19,45H,6-10,12,14-16,18,20-44H2,1-5H3/b13-11-,19-17-. The van der Waals surface area contributed by atoms with E-state index in [4.69, 9.17) is 18.5 Å². The molecule has 0 bridgehead atoms. The Kier molecular flexibility index (Phi) is 39.1. The van der Waals surface area contributed by atoms with Crippen LogP contribution in [0.25, 0.3) is 0 Å². The monoisotopic (exact) mass is 800 g/mol. The van der Waals surface area contributed by atoms with Crippen molar-refractivity contribution in [1.29, 1.82) is 0 Å². The fraction of sp³-hybridized carbons (Fsp3) is 0.891. The molecule has 2 atom stereocenters. The second-order valence-corrected chi connectivity index (χ2v) is 18.2. The average Bonchev–Trinajstić information content (AvgIpc) is 3.13. The van der Waals surface area contributed by atoms with Gasteiger partial charge in [0.1, 0.15) is 19.3 Å². The summed E-state index contributed by atoms with van der Waals surface area (Å²) in [7, 11) is 1.36. The van der Waals surface area contributed by atoms with Gasteiger partial charge in [0.05, 0.1) is 34.4 Å². The van der Waals surface area contributed by atoms with Gasteiger partial charge in [-0.25, -0.2) is 0 Å². The Labute approximate surface area is 341 Å². The van der Waals surface area contributed by atoms with E-state index in [0.29, 0.717) is 24.1 Å². The third-order valence-electron chi connectivity index (χ3n) is 9.99. The smallest absolute Gasteiger partial charge is 0.306 e. The Hall–Kier alpha value is -1.02. The van der Waals surface area contributed by atoms with Crippen LogP contribution in [0.4, 0.5) is 0 Å². The quantitative estimate of drug-likeness (QED) is 0.0199. The molecule has 0 spiro atoms. The lowest BCUT2D eigenvalue weighted by atomic mass is 10.0. The molecule has 8 nitrogen and oxygen atoms in total. The normalized spacial score (nSPS) is 13.9. The number of rotatable bonds is 43. The van der Waals surface area contributed by atoms with E-state index in [1.54, 1.807) is 0 Å². The molecule has 0 fully saturated rings. The number of hydrogen-bond acceptors (Lipinski definition) is 7. The number of hydrogen-bond donors (Lipinski definition) is 0. The molecule has 0 aliphatic carbocycles. The van der Waals surface area contributed by atoms with Gasteiger partial charge in [0.25, 0.3) is 7.82 Å². The minimum Gasteiger partial charge on any atom is -0.756 e. The first kappa shape index (κ1) is 54.0. The summed E-state index contributed by atoms with van der Waals surface area (Å²) in [6, 6.07) is 0. The SMILES string of the molecule is CCC/C=C\C/C=C\CCCCCCCCOCC(COP(=O)([O-])OCC[N+](C)(C)C)OC(=O)CCCCCCCCCCCCCCCCCCCCC. The number of allylic oxidation sites excluding steroid dienone is 4. The molecular weight excluding hydrogens is 709 g/mol. The first-order chi connectivity index (χ1) is 26.6. The number of unbranched alkanes of at least 4 members (excludes halogenated alkanes) is 25. The van der Waals surface area contributed by atoms with Gasteiger partial charge in [0, 0.05) is 13.0 Å². The molecule has 55 heavy (non-hydrogen) atoms. The zero-order chi connectivity index (χ0) is 40.6.